The summed E-state index contributed by atoms with van der Waals surface area (Å²) in [6.45, 7) is 0.951. The van der Waals surface area contributed by atoms with E-state index in [0.717, 1.165) is 24.8 Å². The van der Waals surface area contributed by atoms with Gasteiger partial charge in [-0.15, -0.1) is 0 Å². The Balaban J connectivity index is 1.41. The van der Waals surface area contributed by atoms with Crippen LogP contribution in [0.3, 0.4) is 0 Å². The van der Waals surface area contributed by atoms with Gasteiger partial charge in [0.05, 0.1) is 17.8 Å². The van der Waals surface area contributed by atoms with Crippen molar-refractivity contribution in [3.8, 4) is 0 Å². The molecule has 1 atom stereocenters. The van der Waals surface area contributed by atoms with E-state index in [0.29, 0.717) is 36.3 Å². The number of nitrogens with zero attached hydrogens (tertiary/aromatic N) is 2. The summed E-state index contributed by atoms with van der Waals surface area (Å²) in [6.07, 6.45) is 7.19. The van der Waals surface area contributed by atoms with Crippen LogP contribution >= 0.6 is 0 Å². The summed E-state index contributed by atoms with van der Waals surface area (Å²) in [7, 11) is 0. The molecule has 0 bridgehead atoms. The number of carbonyl (C=O) groups excluding carboxylic acids is 3. The van der Waals surface area contributed by atoms with Crippen molar-refractivity contribution in [1.82, 2.24) is 10.2 Å². The second kappa shape index (κ2) is 8.77. The fourth-order valence-corrected chi connectivity index (χ4v) is 5.28. The van der Waals surface area contributed by atoms with Crippen molar-refractivity contribution >= 4 is 23.4 Å². The van der Waals surface area contributed by atoms with Crippen LogP contribution in [0.25, 0.3) is 0 Å². The molecule has 2 heterocycles. The first-order chi connectivity index (χ1) is 15.6. The first-order valence-corrected chi connectivity index (χ1v) is 11.7. The molecular formula is C26H29N3O3. The van der Waals surface area contributed by atoms with Gasteiger partial charge in [-0.1, -0.05) is 43.5 Å². The number of nitrogens with one attached hydrogen (secondary N) is 1. The standard InChI is InChI=1S/C26H29N3O3/c30-24(27-20-10-2-1-3-11-20)19-9-6-8-18(16-19)17-29-22-13-5-4-12-21(22)25(31)28-15-7-14-23(28)26(29)32/h4-6,8-9,12-13,16,20,23H,1-3,7,10-11,14-15,17H2,(H,27,30)/t23-/m1/s1. The first kappa shape index (κ1) is 20.7. The molecule has 0 spiro atoms. The van der Waals surface area contributed by atoms with E-state index in [9.17, 15) is 14.4 Å². The molecule has 2 fully saturated rings. The molecule has 3 amide bonds. The summed E-state index contributed by atoms with van der Waals surface area (Å²) >= 11 is 0. The molecular weight excluding hydrogens is 402 g/mol. The Kier molecular flexibility index (Phi) is 5.68. The monoisotopic (exact) mass is 431 g/mol. The van der Waals surface area contributed by atoms with E-state index in [4.69, 9.17) is 0 Å². The lowest BCUT2D eigenvalue weighted by atomic mass is 9.95. The largest absolute Gasteiger partial charge is 0.349 e. The van der Waals surface area contributed by atoms with Gasteiger partial charge in [-0.2, -0.15) is 0 Å². The minimum atomic E-state index is -0.410. The van der Waals surface area contributed by atoms with Gasteiger partial charge in [0.25, 0.3) is 11.8 Å². The van der Waals surface area contributed by atoms with Crippen molar-refractivity contribution in [3.05, 3.63) is 65.2 Å². The van der Waals surface area contributed by atoms with Gasteiger partial charge in [-0.25, -0.2) is 0 Å². The predicted octanol–water partition coefficient (Wildman–Crippen LogP) is 3.90. The number of amides is 3. The molecule has 3 aliphatic rings. The summed E-state index contributed by atoms with van der Waals surface area (Å²) in [5.74, 6) is -0.170. The zero-order valence-electron chi connectivity index (χ0n) is 18.3. The van der Waals surface area contributed by atoms with Gasteiger partial charge < -0.3 is 15.1 Å². The van der Waals surface area contributed by atoms with Crippen LogP contribution in [-0.4, -0.2) is 41.2 Å². The normalized spacial score (nSPS) is 21.2. The first-order valence-electron chi connectivity index (χ1n) is 11.7. The lowest BCUT2D eigenvalue weighted by molar-refractivity contribution is -0.122. The van der Waals surface area contributed by atoms with Crippen molar-refractivity contribution in [3.63, 3.8) is 0 Å². The second-order valence-electron chi connectivity index (χ2n) is 9.11. The molecule has 6 heteroatoms. The summed E-state index contributed by atoms with van der Waals surface area (Å²) in [5.41, 5.74) is 2.70. The molecule has 2 aromatic rings. The number of fused-ring (bicyclic) bond motifs is 2. The van der Waals surface area contributed by atoms with Crippen LogP contribution in [0, 0.1) is 0 Å². The molecule has 6 nitrogen and oxygen atoms in total. The fraction of sp³-hybridized carbons (Fsp3) is 0.423. The SMILES string of the molecule is O=C(NC1CCCCC1)c1cccc(CN2C(=O)[C@H]3CCCN3C(=O)c3ccccc32)c1. The number of hydrogen-bond acceptors (Lipinski definition) is 3. The fourth-order valence-electron chi connectivity index (χ4n) is 5.28. The summed E-state index contributed by atoms with van der Waals surface area (Å²) < 4.78 is 0. The highest BCUT2D eigenvalue weighted by Crippen LogP contribution is 2.33. The summed E-state index contributed by atoms with van der Waals surface area (Å²) in [4.78, 5) is 42.8. The zero-order chi connectivity index (χ0) is 22.1. The number of carbonyl (C=O) groups is 3. The highest BCUT2D eigenvalue weighted by molar-refractivity contribution is 6.11. The van der Waals surface area contributed by atoms with Crippen LogP contribution in [0.4, 0.5) is 5.69 Å². The Morgan fingerprint density at radius 1 is 0.938 bits per heavy atom. The Hall–Kier alpha value is -3.15. The Morgan fingerprint density at radius 2 is 1.75 bits per heavy atom. The maximum atomic E-state index is 13.5. The van der Waals surface area contributed by atoms with E-state index < -0.39 is 6.04 Å². The number of rotatable bonds is 4. The number of para-hydroxylation sites is 1. The molecule has 2 aliphatic heterocycles. The van der Waals surface area contributed by atoms with Gasteiger partial charge in [0.15, 0.2) is 0 Å². The average molecular weight is 432 g/mol. The summed E-state index contributed by atoms with van der Waals surface area (Å²) in [5, 5.41) is 3.17. The average Bonchev–Trinajstić information content (AvgIpc) is 3.30. The third-order valence-corrected chi connectivity index (χ3v) is 6.96. The third-order valence-electron chi connectivity index (χ3n) is 6.96. The van der Waals surface area contributed by atoms with Crippen LogP contribution < -0.4 is 10.2 Å². The van der Waals surface area contributed by atoms with Crippen molar-refractivity contribution in [2.45, 2.75) is 63.6 Å². The third kappa shape index (κ3) is 3.90. The molecule has 166 valence electrons. The smallest absolute Gasteiger partial charge is 0.256 e. The van der Waals surface area contributed by atoms with Crippen LogP contribution in [0.15, 0.2) is 48.5 Å². The minimum Gasteiger partial charge on any atom is -0.349 e. The van der Waals surface area contributed by atoms with Gasteiger partial charge in [0.2, 0.25) is 5.91 Å². The van der Waals surface area contributed by atoms with Gasteiger partial charge in [-0.05, 0) is 55.5 Å². The molecule has 1 aliphatic carbocycles. The van der Waals surface area contributed by atoms with Crippen LogP contribution in [0.5, 0.6) is 0 Å². The van der Waals surface area contributed by atoms with Gasteiger partial charge in [0.1, 0.15) is 6.04 Å². The van der Waals surface area contributed by atoms with E-state index in [-0.39, 0.29) is 23.8 Å². The van der Waals surface area contributed by atoms with Crippen molar-refractivity contribution in [2.75, 3.05) is 11.4 Å². The molecule has 1 N–H and O–H groups in total. The van der Waals surface area contributed by atoms with Crippen LogP contribution in [-0.2, 0) is 11.3 Å². The highest BCUT2D eigenvalue weighted by atomic mass is 16.2. The van der Waals surface area contributed by atoms with Gasteiger partial charge in [0, 0.05) is 18.2 Å². The van der Waals surface area contributed by atoms with Crippen molar-refractivity contribution in [1.29, 1.82) is 0 Å². The predicted molar refractivity (Wildman–Crippen MR) is 122 cm³/mol. The van der Waals surface area contributed by atoms with Gasteiger partial charge in [-0.3, -0.25) is 14.4 Å². The lowest BCUT2D eigenvalue weighted by Gasteiger charge is -2.26. The molecule has 0 aromatic heterocycles. The second-order valence-corrected chi connectivity index (χ2v) is 9.11. The Morgan fingerprint density at radius 3 is 2.59 bits per heavy atom. The molecule has 5 rings (SSSR count). The van der Waals surface area contributed by atoms with E-state index in [1.165, 1.54) is 19.3 Å². The number of anilines is 1. The zero-order valence-corrected chi connectivity index (χ0v) is 18.3. The van der Waals surface area contributed by atoms with Crippen LogP contribution in [0.2, 0.25) is 0 Å². The van der Waals surface area contributed by atoms with Crippen LogP contribution in [0.1, 0.15) is 71.2 Å². The maximum Gasteiger partial charge on any atom is 0.256 e. The molecule has 0 radical (unpaired) electrons. The molecule has 0 unspecified atom stereocenters. The molecule has 2 aromatic carbocycles. The molecule has 1 saturated heterocycles. The van der Waals surface area contributed by atoms with E-state index in [2.05, 4.69) is 5.32 Å². The molecule has 32 heavy (non-hydrogen) atoms. The Bertz CT molecular complexity index is 1040. The highest BCUT2D eigenvalue weighted by Gasteiger charge is 2.41. The maximum absolute atomic E-state index is 13.5. The number of hydrogen-bond donors (Lipinski definition) is 1. The van der Waals surface area contributed by atoms with Crippen molar-refractivity contribution < 1.29 is 14.4 Å². The van der Waals surface area contributed by atoms with E-state index in [1.807, 2.05) is 42.5 Å². The summed E-state index contributed by atoms with van der Waals surface area (Å²) in [6, 6.07) is 14.7. The van der Waals surface area contributed by atoms with Crippen molar-refractivity contribution in [2.24, 2.45) is 0 Å². The van der Waals surface area contributed by atoms with Gasteiger partial charge >= 0.3 is 0 Å². The topological polar surface area (TPSA) is 69.7 Å². The lowest BCUT2D eigenvalue weighted by Crippen LogP contribution is -2.44. The molecule has 1 saturated carbocycles. The Labute approximate surface area is 188 Å². The quantitative estimate of drug-likeness (QED) is 0.798. The number of benzene rings is 2. The van der Waals surface area contributed by atoms with E-state index >= 15 is 0 Å². The van der Waals surface area contributed by atoms with E-state index in [1.54, 1.807) is 15.9 Å². The minimum absolute atomic E-state index is 0.0436.